The molecule has 64 valence electrons. The van der Waals surface area contributed by atoms with E-state index < -0.39 is 0 Å². The van der Waals surface area contributed by atoms with E-state index >= 15 is 0 Å². The summed E-state index contributed by atoms with van der Waals surface area (Å²) < 4.78 is 10.8. The zero-order chi connectivity index (χ0) is 8.32. The molecule has 0 saturated carbocycles. The summed E-state index contributed by atoms with van der Waals surface area (Å²) in [6, 6.07) is 0. The normalized spacial score (nSPS) is 26.1. The minimum Gasteiger partial charge on any atom is -0.348 e. The second kappa shape index (κ2) is 3.37. The van der Waals surface area contributed by atoms with E-state index in [1.165, 1.54) is 0 Å². The van der Waals surface area contributed by atoms with Crippen LogP contribution < -0.4 is 0 Å². The van der Waals surface area contributed by atoms with Gasteiger partial charge in [-0.2, -0.15) is 0 Å². The van der Waals surface area contributed by atoms with Crippen LogP contribution in [0.25, 0.3) is 0 Å². The Balaban J connectivity index is 2.36. The SMILES string of the molecule is C/C=C/C1OCC(C)(C)CO1. The van der Waals surface area contributed by atoms with Gasteiger partial charge in [-0.25, -0.2) is 0 Å². The second-order valence-corrected chi connectivity index (χ2v) is 3.68. The standard InChI is InChI=1S/C9H16O2/c1-4-5-8-10-6-9(2,3)7-11-8/h4-5,8H,6-7H2,1-3H3/b5-4+. The molecule has 2 heteroatoms. The summed E-state index contributed by atoms with van der Waals surface area (Å²) >= 11 is 0. The number of rotatable bonds is 1. The molecule has 1 saturated heterocycles. The summed E-state index contributed by atoms with van der Waals surface area (Å²) in [5.74, 6) is 0. The zero-order valence-electron chi connectivity index (χ0n) is 7.46. The fourth-order valence-corrected chi connectivity index (χ4v) is 0.973. The maximum Gasteiger partial charge on any atom is 0.176 e. The first-order chi connectivity index (χ1) is 5.14. The molecular formula is C9H16O2. The highest BCUT2D eigenvalue weighted by Gasteiger charge is 2.26. The molecule has 0 aromatic heterocycles. The maximum absolute atomic E-state index is 5.42. The molecule has 0 aromatic carbocycles. The molecule has 11 heavy (non-hydrogen) atoms. The van der Waals surface area contributed by atoms with E-state index in [9.17, 15) is 0 Å². The van der Waals surface area contributed by atoms with Gasteiger partial charge in [-0.05, 0) is 13.0 Å². The lowest BCUT2D eigenvalue weighted by atomic mass is 9.96. The van der Waals surface area contributed by atoms with Crippen LogP contribution in [0.5, 0.6) is 0 Å². The average Bonchev–Trinajstić information content (AvgIpc) is 1.94. The molecule has 0 amide bonds. The minimum absolute atomic E-state index is 0.118. The van der Waals surface area contributed by atoms with Crippen LogP contribution in [0.15, 0.2) is 12.2 Å². The Bertz CT molecular complexity index is 140. The van der Waals surface area contributed by atoms with Crippen molar-refractivity contribution < 1.29 is 9.47 Å². The molecule has 0 radical (unpaired) electrons. The summed E-state index contributed by atoms with van der Waals surface area (Å²) in [5.41, 5.74) is 0.179. The van der Waals surface area contributed by atoms with Crippen LogP contribution in [-0.2, 0) is 9.47 Å². The summed E-state index contributed by atoms with van der Waals surface area (Å²) in [5, 5.41) is 0. The Labute approximate surface area is 68.2 Å². The Morgan fingerprint density at radius 2 is 1.82 bits per heavy atom. The van der Waals surface area contributed by atoms with E-state index in [-0.39, 0.29) is 11.7 Å². The highest BCUT2D eigenvalue weighted by atomic mass is 16.7. The van der Waals surface area contributed by atoms with Crippen molar-refractivity contribution in [3.63, 3.8) is 0 Å². The van der Waals surface area contributed by atoms with Crippen LogP contribution in [0.2, 0.25) is 0 Å². The third-order valence-electron chi connectivity index (χ3n) is 1.63. The fraction of sp³-hybridized carbons (Fsp3) is 0.778. The Kier molecular flexibility index (Phi) is 2.68. The van der Waals surface area contributed by atoms with Crippen LogP contribution in [-0.4, -0.2) is 19.5 Å². The van der Waals surface area contributed by atoms with Crippen molar-refractivity contribution in [1.29, 1.82) is 0 Å². The van der Waals surface area contributed by atoms with Crippen LogP contribution in [0.4, 0.5) is 0 Å². The average molecular weight is 156 g/mol. The first kappa shape index (κ1) is 8.75. The Morgan fingerprint density at radius 3 is 2.27 bits per heavy atom. The number of allylic oxidation sites excluding steroid dienone is 1. The van der Waals surface area contributed by atoms with Gasteiger partial charge in [0.1, 0.15) is 0 Å². The molecule has 2 nitrogen and oxygen atoms in total. The Morgan fingerprint density at radius 1 is 1.27 bits per heavy atom. The molecule has 1 heterocycles. The second-order valence-electron chi connectivity index (χ2n) is 3.68. The first-order valence-corrected chi connectivity index (χ1v) is 4.00. The third kappa shape index (κ3) is 2.64. The lowest BCUT2D eigenvalue weighted by molar-refractivity contribution is -0.197. The molecule has 0 aromatic rings. The molecule has 1 rings (SSSR count). The lowest BCUT2D eigenvalue weighted by Crippen LogP contribution is -2.36. The largest absolute Gasteiger partial charge is 0.348 e. The van der Waals surface area contributed by atoms with Crippen molar-refractivity contribution in [3.8, 4) is 0 Å². The van der Waals surface area contributed by atoms with Gasteiger partial charge in [0.25, 0.3) is 0 Å². The van der Waals surface area contributed by atoms with Crippen LogP contribution in [0.3, 0.4) is 0 Å². The van der Waals surface area contributed by atoms with Gasteiger partial charge in [0.15, 0.2) is 6.29 Å². The molecule has 1 aliphatic rings. The smallest absolute Gasteiger partial charge is 0.176 e. The highest BCUT2D eigenvalue weighted by molar-refractivity contribution is 4.84. The Hall–Kier alpha value is -0.340. The molecular weight excluding hydrogens is 140 g/mol. The summed E-state index contributed by atoms with van der Waals surface area (Å²) in [6.45, 7) is 7.80. The van der Waals surface area contributed by atoms with E-state index in [0.29, 0.717) is 0 Å². The lowest BCUT2D eigenvalue weighted by Gasteiger charge is -2.33. The van der Waals surface area contributed by atoms with E-state index in [1.54, 1.807) is 0 Å². The quantitative estimate of drug-likeness (QED) is 0.540. The van der Waals surface area contributed by atoms with Gasteiger partial charge in [0.2, 0.25) is 0 Å². The van der Waals surface area contributed by atoms with Crippen molar-refractivity contribution in [2.45, 2.75) is 27.1 Å². The fourth-order valence-electron chi connectivity index (χ4n) is 0.973. The van der Waals surface area contributed by atoms with E-state index in [2.05, 4.69) is 13.8 Å². The van der Waals surface area contributed by atoms with Gasteiger partial charge in [-0.15, -0.1) is 0 Å². The van der Waals surface area contributed by atoms with Gasteiger partial charge >= 0.3 is 0 Å². The van der Waals surface area contributed by atoms with Gasteiger partial charge in [0.05, 0.1) is 13.2 Å². The van der Waals surface area contributed by atoms with Gasteiger partial charge < -0.3 is 9.47 Å². The van der Waals surface area contributed by atoms with Crippen molar-refractivity contribution in [3.05, 3.63) is 12.2 Å². The van der Waals surface area contributed by atoms with E-state index in [1.807, 2.05) is 19.1 Å². The number of ether oxygens (including phenoxy) is 2. The highest BCUT2D eigenvalue weighted by Crippen LogP contribution is 2.22. The van der Waals surface area contributed by atoms with Crippen molar-refractivity contribution in [2.24, 2.45) is 5.41 Å². The molecule has 0 spiro atoms. The van der Waals surface area contributed by atoms with Crippen LogP contribution >= 0.6 is 0 Å². The summed E-state index contributed by atoms with van der Waals surface area (Å²) in [6.07, 6.45) is 3.76. The van der Waals surface area contributed by atoms with E-state index in [0.717, 1.165) is 13.2 Å². The predicted octanol–water partition coefficient (Wildman–Crippen LogP) is 1.96. The first-order valence-electron chi connectivity index (χ1n) is 4.00. The topological polar surface area (TPSA) is 18.5 Å². The molecule has 0 bridgehead atoms. The molecule has 0 unspecified atom stereocenters. The predicted molar refractivity (Wildman–Crippen MR) is 44.3 cm³/mol. The zero-order valence-corrected chi connectivity index (χ0v) is 7.46. The monoisotopic (exact) mass is 156 g/mol. The molecule has 1 fully saturated rings. The molecule has 0 N–H and O–H groups in total. The molecule has 0 atom stereocenters. The van der Waals surface area contributed by atoms with E-state index in [4.69, 9.17) is 9.47 Å². The van der Waals surface area contributed by atoms with Crippen LogP contribution in [0.1, 0.15) is 20.8 Å². The van der Waals surface area contributed by atoms with Crippen molar-refractivity contribution >= 4 is 0 Å². The van der Waals surface area contributed by atoms with Crippen molar-refractivity contribution in [1.82, 2.24) is 0 Å². The number of hydrogen-bond acceptors (Lipinski definition) is 2. The summed E-state index contributed by atoms with van der Waals surface area (Å²) in [7, 11) is 0. The molecule has 1 aliphatic heterocycles. The van der Waals surface area contributed by atoms with Gasteiger partial charge in [-0.3, -0.25) is 0 Å². The summed E-state index contributed by atoms with van der Waals surface area (Å²) in [4.78, 5) is 0. The van der Waals surface area contributed by atoms with Gasteiger partial charge in [0, 0.05) is 5.41 Å². The number of hydrogen-bond donors (Lipinski definition) is 0. The van der Waals surface area contributed by atoms with Gasteiger partial charge in [-0.1, -0.05) is 19.9 Å². The van der Waals surface area contributed by atoms with Crippen molar-refractivity contribution in [2.75, 3.05) is 13.2 Å². The van der Waals surface area contributed by atoms with Crippen LogP contribution in [0, 0.1) is 5.41 Å². The molecule has 0 aliphatic carbocycles. The minimum atomic E-state index is -0.118. The third-order valence-corrected chi connectivity index (χ3v) is 1.63. The maximum atomic E-state index is 5.42.